The summed E-state index contributed by atoms with van der Waals surface area (Å²) in [5.41, 5.74) is 4.45. The summed E-state index contributed by atoms with van der Waals surface area (Å²) >= 11 is 0. The van der Waals surface area contributed by atoms with Crippen LogP contribution in [0.15, 0.2) is 42.5 Å². The molecule has 1 heterocycles. The van der Waals surface area contributed by atoms with Crippen LogP contribution in [0.5, 0.6) is 5.75 Å². The van der Waals surface area contributed by atoms with Gasteiger partial charge in [0.2, 0.25) is 0 Å². The average Bonchev–Trinajstić information content (AvgIpc) is 2.73. The van der Waals surface area contributed by atoms with Crippen LogP contribution in [0.25, 0.3) is 0 Å². The Bertz CT molecular complexity index is 1150. The number of aldehydes is 1. The van der Waals surface area contributed by atoms with Gasteiger partial charge >= 0.3 is 12.3 Å². The van der Waals surface area contributed by atoms with Crippen molar-refractivity contribution in [1.29, 1.82) is 0 Å². The lowest BCUT2D eigenvalue weighted by molar-refractivity contribution is -0.274. The molecule has 1 aliphatic heterocycles. The maximum atomic E-state index is 14.3. The number of amides is 1. The standard InChI is InChI=1S/C23H20F4N2O5/c24-13-4-6-18-16(11-13)19(22(28,8-9-30)21(32)33)15-5-7-17(15)29(18)20(31)12-2-1-3-14(10-12)34-23(25,26)27/h1-4,6,9-11,15,17,19H,5,7-8,28H2,(H,32,33)/t15-,17+,19?,22?/m0/s1. The second-order valence-corrected chi connectivity index (χ2v) is 8.46. The van der Waals surface area contributed by atoms with Crippen molar-refractivity contribution in [3.63, 3.8) is 0 Å². The van der Waals surface area contributed by atoms with Crippen LogP contribution >= 0.6 is 0 Å². The average molecular weight is 480 g/mol. The number of halogens is 4. The number of fused-ring (bicyclic) bond motifs is 2. The molecule has 0 bridgehead atoms. The van der Waals surface area contributed by atoms with E-state index in [2.05, 4.69) is 4.74 Å². The van der Waals surface area contributed by atoms with E-state index in [-0.39, 0.29) is 16.8 Å². The Kier molecular flexibility index (Phi) is 5.84. The minimum Gasteiger partial charge on any atom is -0.480 e. The summed E-state index contributed by atoms with van der Waals surface area (Å²) in [6.07, 6.45) is -4.12. The number of carboxylic acid groups (broad SMARTS) is 1. The minimum absolute atomic E-state index is 0.0914. The van der Waals surface area contributed by atoms with E-state index in [1.165, 1.54) is 23.1 Å². The number of rotatable bonds is 6. The first-order chi connectivity index (χ1) is 16.0. The maximum absolute atomic E-state index is 14.3. The number of hydrogen-bond acceptors (Lipinski definition) is 5. The highest BCUT2D eigenvalue weighted by atomic mass is 19.4. The highest BCUT2D eigenvalue weighted by molar-refractivity contribution is 6.08. The second-order valence-electron chi connectivity index (χ2n) is 8.46. The summed E-state index contributed by atoms with van der Waals surface area (Å²) in [6.45, 7) is 0. The van der Waals surface area contributed by atoms with Gasteiger partial charge in [-0.3, -0.25) is 9.59 Å². The number of carbonyl (C=O) groups excluding carboxylic acids is 2. The molecule has 2 aromatic rings. The van der Waals surface area contributed by atoms with Crippen molar-refractivity contribution in [2.24, 2.45) is 11.7 Å². The van der Waals surface area contributed by atoms with Crippen molar-refractivity contribution in [3.05, 3.63) is 59.4 Å². The van der Waals surface area contributed by atoms with Crippen molar-refractivity contribution in [3.8, 4) is 5.75 Å². The van der Waals surface area contributed by atoms with Crippen LogP contribution in [0.4, 0.5) is 23.2 Å². The third-order valence-corrected chi connectivity index (χ3v) is 6.54. The van der Waals surface area contributed by atoms with Crippen molar-refractivity contribution in [2.45, 2.75) is 43.1 Å². The van der Waals surface area contributed by atoms with E-state index in [1.807, 2.05) is 0 Å². The fourth-order valence-electron chi connectivity index (χ4n) is 4.99. The number of carbonyl (C=O) groups is 3. The lowest BCUT2D eigenvalue weighted by atomic mass is 9.58. The first kappa shape index (κ1) is 23.7. The van der Waals surface area contributed by atoms with Crippen LogP contribution in [0.1, 0.15) is 41.1 Å². The molecular formula is C23H20F4N2O5. The number of ether oxygens (including phenoxy) is 1. The van der Waals surface area contributed by atoms with Crippen molar-refractivity contribution in [2.75, 3.05) is 4.90 Å². The summed E-state index contributed by atoms with van der Waals surface area (Å²) in [5.74, 6) is -4.79. The van der Waals surface area contributed by atoms with Gasteiger partial charge in [-0.2, -0.15) is 0 Å². The van der Waals surface area contributed by atoms with Gasteiger partial charge in [-0.05, 0) is 60.7 Å². The number of nitrogens with zero attached hydrogens (tertiary/aromatic N) is 1. The summed E-state index contributed by atoms with van der Waals surface area (Å²) in [4.78, 5) is 38.2. The quantitative estimate of drug-likeness (QED) is 0.483. The van der Waals surface area contributed by atoms with E-state index >= 15 is 0 Å². The van der Waals surface area contributed by atoms with Crippen LogP contribution in [0.2, 0.25) is 0 Å². The van der Waals surface area contributed by atoms with E-state index in [9.17, 15) is 37.1 Å². The van der Waals surface area contributed by atoms with Gasteiger partial charge in [0, 0.05) is 29.6 Å². The Labute approximate surface area is 191 Å². The summed E-state index contributed by atoms with van der Waals surface area (Å²) in [7, 11) is 0. The molecule has 0 aromatic heterocycles. The molecule has 0 radical (unpaired) electrons. The molecule has 7 nitrogen and oxygen atoms in total. The van der Waals surface area contributed by atoms with E-state index in [0.29, 0.717) is 19.1 Å². The topological polar surface area (TPSA) is 110 Å². The third kappa shape index (κ3) is 4.00. The minimum atomic E-state index is -4.94. The Morgan fingerprint density at radius 1 is 1.18 bits per heavy atom. The van der Waals surface area contributed by atoms with E-state index in [0.717, 1.165) is 24.3 Å². The number of alkyl halides is 3. The number of hydrogen-bond donors (Lipinski definition) is 2. The molecule has 11 heteroatoms. The van der Waals surface area contributed by atoms with Crippen LogP contribution in [-0.4, -0.2) is 41.2 Å². The third-order valence-electron chi connectivity index (χ3n) is 6.54. The molecule has 1 saturated carbocycles. The molecule has 2 unspecified atom stereocenters. The van der Waals surface area contributed by atoms with Gasteiger partial charge in [0.15, 0.2) is 0 Å². The molecule has 1 aliphatic carbocycles. The molecule has 4 atom stereocenters. The van der Waals surface area contributed by atoms with E-state index in [4.69, 9.17) is 5.73 Å². The number of carboxylic acids is 1. The summed E-state index contributed by atoms with van der Waals surface area (Å²) in [6, 6.07) is 7.54. The van der Waals surface area contributed by atoms with Gasteiger partial charge in [-0.15, -0.1) is 13.2 Å². The van der Waals surface area contributed by atoms with Gasteiger partial charge < -0.3 is 25.3 Å². The van der Waals surface area contributed by atoms with Gasteiger partial charge in [-0.25, -0.2) is 4.39 Å². The van der Waals surface area contributed by atoms with E-state index in [1.54, 1.807) is 0 Å². The number of anilines is 1. The predicted molar refractivity (Wildman–Crippen MR) is 111 cm³/mol. The molecule has 34 heavy (non-hydrogen) atoms. The monoisotopic (exact) mass is 480 g/mol. The molecule has 3 N–H and O–H groups in total. The highest BCUT2D eigenvalue weighted by Crippen LogP contribution is 2.55. The largest absolute Gasteiger partial charge is 0.573 e. The fourth-order valence-corrected chi connectivity index (χ4v) is 4.99. The molecule has 0 saturated heterocycles. The zero-order valence-corrected chi connectivity index (χ0v) is 17.6. The molecule has 180 valence electrons. The van der Waals surface area contributed by atoms with Crippen molar-refractivity contribution >= 4 is 23.9 Å². The lowest BCUT2D eigenvalue weighted by Crippen LogP contribution is -2.64. The molecule has 0 spiro atoms. The number of benzene rings is 2. The molecular weight excluding hydrogens is 460 g/mol. The van der Waals surface area contributed by atoms with Crippen molar-refractivity contribution < 1.29 is 41.8 Å². The number of nitrogens with two attached hydrogens (primary N) is 1. The predicted octanol–water partition coefficient (Wildman–Crippen LogP) is 3.62. The van der Waals surface area contributed by atoms with Crippen LogP contribution < -0.4 is 15.4 Å². The Balaban J connectivity index is 1.80. The first-order valence-electron chi connectivity index (χ1n) is 10.4. The maximum Gasteiger partial charge on any atom is 0.573 e. The van der Waals surface area contributed by atoms with Gasteiger partial charge in [0.05, 0.1) is 0 Å². The zero-order valence-electron chi connectivity index (χ0n) is 17.6. The van der Waals surface area contributed by atoms with Crippen LogP contribution in [0.3, 0.4) is 0 Å². The molecule has 2 aromatic carbocycles. The lowest BCUT2D eigenvalue weighted by Gasteiger charge is -2.55. The van der Waals surface area contributed by atoms with Crippen LogP contribution in [-0.2, 0) is 9.59 Å². The Morgan fingerprint density at radius 2 is 1.91 bits per heavy atom. The van der Waals surface area contributed by atoms with Gasteiger partial charge in [-0.1, -0.05) is 6.07 Å². The van der Waals surface area contributed by atoms with Gasteiger partial charge in [0.1, 0.15) is 23.4 Å². The Morgan fingerprint density at radius 3 is 2.50 bits per heavy atom. The smallest absolute Gasteiger partial charge is 0.480 e. The van der Waals surface area contributed by atoms with Gasteiger partial charge in [0.25, 0.3) is 5.91 Å². The van der Waals surface area contributed by atoms with E-state index < -0.39 is 59.6 Å². The molecule has 2 aliphatic rings. The van der Waals surface area contributed by atoms with Crippen LogP contribution in [0, 0.1) is 11.7 Å². The normalized spacial score (nSPS) is 23.1. The second kappa shape index (κ2) is 8.39. The summed E-state index contributed by atoms with van der Waals surface area (Å²) < 4.78 is 56.1. The fraction of sp³-hybridized carbons (Fsp3) is 0.348. The molecule has 1 amide bonds. The highest BCUT2D eigenvalue weighted by Gasteiger charge is 2.57. The molecule has 4 rings (SSSR count). The zero-order chi connectivity index (χ0) is 24.8. The summed E-state index contributed by atoms with van der Waals surface area (Å²) in [5, 5.41) is 9.85. The number of aliphatic carboxylic acids is 1. The Hall–Kier alpha value is -3.47. The van der Waals surface area contributed by atoms with Crippen molar-refractivity contribution in [1.82, 2.24) is 0 Å². The first-order valence-corrected chi connectivity index (χ1v) is 10.4. The SMILES string of the molecule is NC(CC=O)(C(=O)O)C1c2cc(F)ccc2N(C(=O)c2cccc(OC(F)(F)F)c2)[C@@H]2CC[C@H]12. The molecule has 1 fully saturated rings.